The molecule has 0 aliphatic carbocycles. The number of hydrogen-bond acceptors (Lipinski definition) is 3. The Morgan fingerprint density at radius 1 is 1.22 bits per heavy atom. The van der Waals surface area contributed by atoms with Gasteiger partial charge in [0.1, 0.15) is 0 Å². The van der Waals surface area contributed by atoms with E-state index in [1.165, 1.54) is 5.56 Å². The average Bonchev–Trinajstić information content (AvgIpc) is 2.97. The fraction of sp³-hybridized carbons (Fsp3) is 0.632. The van der Waals surface area contributed by atoms with Gasteiger partial charge in [0, 0.05) is 37.6 Å². The van der Waals surface area contributed by atoms with Crippen molar-refractivity contribution in [2.75, 3.05) is 32.8 Å². The highest BCUT2D eigenvalue weighted by atomic mass is 16.5. The molecule has 2 fully saturated rings. The maximum absolute atomic E-state index is 12.9. The number of hydrogen-bond donors (Lipinski definition) is 0. The molecule has 1 amide bonds. The first-order chi connectivity index (χ1) is 11.2. The Balaban J connectivity index is 1.59. The van der Waals surface area contributed by atoms with Gasteiger partial charge in [0.25, 0.3) is 0 Å². The van der Waals surface area contributed by atoms with Gasteiger partial charge in [0.15, 0.2) is 0 Å². The second kappa shape index (κ2) is 7.45. The summed E-state index contributed by atoms with van der Waals surface area (Å²) in [5.41, 5.74) is 1.24. The van der Waals surface area contributed by atoms with Crippen LogP contribution in [0.2, 0.25) is 0 Å². The van der Waals surface area contributed by atoms with E-state index in [2.05, 4.69) is 35.8 Å². The molecule has 0 N–H and O–H groups in total. The number of amides is 1. The molecular formula is C19H28N2O2. The third kappa shape index (κ3) is 3.75. The van der Waals surface area contributed by atoms with E-state index >= 15 is 0 Å². The van der Waals surface area contributed by atoms with Crippen LogP contribution in [0.5, 0.6) is 0 Å². The number of morpholine rings is 1. The van der Waals surface area contributed by atoms with E-state index in [0.717, 1.165) is 45.7 Å². The Kier molecular flexibility index (Phi) is 5.34. The SMILES string of the molecule is C[C@@H]1[C@H](N2CCOCC2)CCN1C(=O)[C@@H](C)Cc1ccccc1. The number of benzene rings is 1. The maximum Gasteiger partial charge on any atom is 0.226 e. The van der Waals surface area contributed by atoms with Crippen molar-refractivity contribution < 1.29 is 9.53 Å². The summed E-state index contributed by atoms with van der Waals surface area (Å²) >= 11 is 0. The summed E-state index contributed by atoms with van der Waals surface area (Å²) in [5, 5.41) is 0. The fourth-order valence-corrected chi connectivity index (χ4v) is 3.97. The zero-order chi connectivity index (χ0) is 16.2. The second-order valence-corrected chi connectivity index (χ2v) is 6.87. The van der Waals surface area contributed by atoms with Gasteiger partial charge >= 0.3 is 0 Å². The monoisotopic (exact) mass is 316 g/mol. The van der Waals surface area contributed by atoms with Crippen LogP contribution in [0.1, 0.15) is 25.8 Å². The molecule has 3 rings (SSSR count). The van der Waals surface area contributed by atoms with Gasteiger partial charge in [-0.15, -0.1) is 0 Å². The van der Waals surface area contributed by atoms with Crippen LogP contribution in [-0.2, 0) is 16.0 Å². The lowest BCUT2D eigenvalue weighted by molar-refractivity contribution is -0.136. The lowest BCUT2D eigenvalue weighted by Crippen LogP contribution is -2.50. The van der Waals surface area contributed by atoms with Gasteiger partial charge < -0.3 is 9.64 Å². The molecule has 0 aromatic heterocycles. The van der Waals surface area contributed by atoms with Gasteiger partial charge in [0.2, 0.25) is 5.91 Å². The number of nitrogens with zero attached hydrogens (tertiary/aromatic N) is 2. The van der Waals surface area contributed by atoms with Crippen molar-refractivity contribution >= 4 is 5.91 Å². The molecule has 0 bridgehead atoms. The van der Waals surface area contributed by atoms with Crippen LogP contribution in [0.25, 0.3) is 0 Å². The predicted octanol–water partition coefficient (Wildman–Crippen LogP) is 2.19. The molecule has 23 heavy (non-hydrogen) atoms. The zero-order valence-corrected chi connectivity index (χ0v) is 14.3. The molecule has 0 saturated carbocycles. The molecule has 0 radical (unpaired) electrons. The smallest absolute Gasteiger partial charge is 0.226 e. The quantitative estimate of drug-likeness (QED) is 0.853. The van der Waals surface area contributed by atoms with E-state index in [1.54, 1.807) is 0 Å². The van der Waals surface area contributed by atoms with Crippen molar-refractivity contribution in [3.05, 3.63) is 35.9 Å². The van der Waals surface area contributed by atoms with Gasteiger partial charge in [-0.2, -0.15) is 0 Å². The molecule has 2 saturated heterocycles. The summed E-state index contributed by atoms with van der Waals surface area (Å²) in [7, 11) is 0. The summed E-state index contributed by atoms with van der Waals surface area (Å²) in [6.45, 7) is 8.79. The minimum atomic E-state index is 0.0447. The molecule has 2 heterocycles. The van der Waals surface area contributed by atoms with Crippen LogP contribution in [-0.4, -0.2) is 60.6 Å². The maximum atomic E-state index is 12.9. The Labute approximate surface area is 139 Å². The highest BCUT2D eigenvalue weighted by molar-refractivity contribution is 5.79. The molecule has 2 aliphatic heterocycles. The number of rotatable bonds is 4. The van der Waals surface area contributed by atoms with Crippen molar-refractivity contribution in [2.24, 2.45) is 5.92 Å². The standard InChI is InChI=1S/C19H28N2O2/c1-15(14-17-6-4-3-5-7-17)19(22)21-9-8-18(16(21)2)20-10-12-23-13-11-20/h3-7,15-16,18H,8-14H2,1-2H3/t15-,16+,18+/m0/s1. The van der Waals surface area contributed by atoms with E-state index < -0.39 is 0 Å². The van der Waals surface area contributed by atoms with Gasteiger partial charge in [-0.05, 0) is 25.3 Å². The lowest BCUT2D eigenvalue weighted by Gasteiger charge is -2.36. The van der Waals surface area contributed by atoms with E-state index in [0.29, 0.717) is 18.0 Å². The van der Waals surface area contributed by atoms with E-state index in [-0.39, 0.29) is 5.92 Å². The minimum absolute atomic E-state index is 0.0447. The van der Waals surface area contributed by atoms with Crippen molar-refractivity contribution in [2.45, 2.75) is 38.8 Å². The van der Waals surface area contributed by atoms with Gasteiger partial charge in [-0.25, -0.2) is 0 Å². The number of likely N-dealkylation sites (tertiary alicyclic amines) is 1. The Morgan fingerprint density at radius 2 is 1.91 bits per heavy atom. The first kappa shape index (κ1) is 16.5. The number of carbonyl (C=O) groups excluding carboxylic acids is 1. The molecular weight excluding hydrogens is 288 g/mol. The zero-order valence-electron chi connectivity index (χ0n) is 14.3. The molecule has 1 aromatic rings. The first-order valence-electron chi connectivity index (χ1n) is 8.83. The molecule has 4 heteroatoms. The summed E-state index contributed by atoms with van der Waals surface area (Å²) in [6.07, 6.45) is 1.91. The Morgan fingerprint density at radius 3 is 2.61 bits per heavy atom. The minimum Gasteiger partial charge on any atom is -0.379 e. The van der Waals surface area contributed by atoms with E-state index in [1.807, 2.05) is 18.2 Å². The Hall–Kier alpha value is -1.39. The van der Waals surface area contributed by atoms with Crippen LogP contribution in [0.15, 0.2) is 30.3 Å². The summed E-state index contributed by atoms with van der Waals surface area (Å²) < 4.78 is 5.45. The van der Waals surface area contributed by atoms with Crippen molar-refractivity contribution in [3.8, 4) is 0 Å². The average molecular weight is 316 g/mol. The van der Waals surface area contributed by atoms with Crippen LogP contribution in [0.4, 0.5) is 0 Å². The molecule has 0 spiro atoms. The first-order valence-corrected chi connectivity index (χ1v) is 8.83. The molecule has 126 valence electrons. The lowest BCUT2D eigenvalue weighted by atomic mass is 9.99. The molecule has 1 aromatic carbocycles. The van der Waals surface area contributed by atoms with E-state index in [4.69, 9.17) is 4.74 Å². The fourth-order valence-electron chi connectivity index (χ4n) is 3.97. The predicted molar refractivity (Wildman–Crippen MR) is 91.3 cm³/mol. The van der Waals surface area contributed by atoms with Gasteiger partial charge in [-0.1, -0.05) is 37.3 Å². The van der Waals surface area contributed by atoms with Crippen LogP contribution < -0.4 is 0 Å². The third-order valence-electron chi connectivity index (χ3n) is 5.32. The highest BCUT2D eigenvalue weighted by Crippen LogP contribution is 2.26. The number of carbonyl (C=O) groups is 1. The van der Waals surface area contributed by atoms with Crippen LogP contribution in [0.3, 0.4) is 0 Å². The second-order valence-electron chi connectivity index (χ2n) is 6.87. The van der Waals surface area contributed by atoms with Gasteiger partial charge in [0.05, 0.1) is 13.2 Å². The topological polar surface area (TPSA) is 32.8 Å². The largest absolute Gasteiger partial charge is 0.379 e. The summed E-state index contributed by atoms with van der Waals surface area (Å²) in [4.78, 5) is 17.5. The van der Waals surface area contributed by atoms with Gasteiger partial charge in [-0.3, -0.25) is 9.69 Å². The van der Waals surface area contributed by atoms with Crippen molar-refractivity contribution in [3.63, 3.8) is 0 Å². The van der Waals surface area contributed by atoms with E-state index in [9.17, 15) is 4.79 Å². The molecule has 3 atom stereocenters. The summed E-state index contributed by atoms with van der Waals surface area (Å²) in [5.74, 6) is 0.348. The van der Waals surface area contributed by atoms with Crippen molar-refractivity contribution in [1.82, 2.24) is 9.80 Å². The van der Waals surface area contributed by atoms with Crippen LogP contribution in [0, 0.1) is 5.92 Å². The Bertz CT molecular complexity index is 513. The molecule has 4 nitrogen and oxygen atoms in total. The van der Waals surface area contributed by atoms with Crippen LogP contribution >= 0.6 is 0 Å². The molecule has 2 aliphatic rings. The van der Waals surface area contributed by atoms with Crippen molar-refractivity contribution in [1.29, 1.82) is 0 Å². The summed E-state index contributed by atoms with van der Waals surface area (Å²) in [6, 6.07) is 11.1. The third-order valence-corrected chi connectivity index (χ3v) is 5.32. The molecule has 0 unspecified atom stereocenters. The normalized spacial score (nSPS) is 27.1. The highest BCUT2D eigenvalue weighted by Gasteiger charge is 2.38. The number of ether oxygens (including phenoxy) is 1.